The van der Waals surface area contributed by atoms with E-state index in [9.17, 15) is 0 Å². The molecular weight excluding hydrogens is 650 g/mol. The maximum atomic E-state index is 7.01. The van der Waals surface area contributed by atoms with Crippen molar-refractivity contribution in [1.29, 1.82) is 0 Å². The molecule has 0 aromatic heterocycles. The Labute approximate surface area is 227 Å². The first-order valence-electron chi connectivity index (χ1n) is 12.3. The van der Waals surface area contributed by atoms with Crippen molar-refractivity contribution < 1.29 is 19.1 Å². The van der Waals surface area contributed by atoms with Gasteiger partial charge in [-0.1, -0.05) is 0 Å². The topological polar surface area (TPSA) is 0 Å². The summed E-state index contributed by atoms with van der Waals surface area (Å²) in [6.07, 6.45) is 10.4. The molecule has 5 rings (SSSR count). The molecule has 0 aliphatic heterocycles. The summed E-state index contributed by atoms with van der Waals surface area (Å²) in [6.45, 7) is 11.4. The summed E-state index contributed by atoms with van der Waals surface area (Å²) < 4.78 is 1.28. The molecule has 35 heavy (non-hydrogen) atoms. The van der Waals surface area contributed by atoms with Crippen LogP contribution in [0, 0.1) is 5.92 Å². The molecule has 2 aromatic carbocycles. The van der Waals surface area contributed by atoms with Gasteiger partial charge in [0.05, 0.1) is 0 Å². The molecule has 0 radical (unpaired) electrons. The quantitative estimate of drug-likeness (QED) is 0.286. The Balaban J connectivity index is 1.96. The SMILES string of the molecule is CCC1=CC(C)=C(C2(c3ccc4ccccc4c3)C(=[SiH2])C=CC=C3C(C)=C(C)[C]([Hf]([Cl])[Cl])=C32)C1C. The number of rotatable bonds is 4. The van der Waals surface area contributed by atoms with E-state index in [2.05, 4.69) is 101 Å². The molecule has 2 unspecified atom stereocenters. The third kappa shape index (κ3) is 3.74. The third-order valence-electron chi connectivity index (χ3n) is 8.28. The molecule has 2 aromatic rings. The van der Waals surface area contributed by atoms with Crippen LogP contribution in [-0.4, -0.2) is 15.0 Å². The van der Waals surface area contributed by atoms with Gasteiger partial charge in [0.25, 0.3) is 0 Å². The van der Waals surface area contributed by atoms with Gasteiger partial charge in [0.15, 0.2) is 0 Å². The second-order valence-corrected chi connectivity index (χ2v) is 22.1. The second-order valence-electron chi connectivity index (χ2n) is 9.93. The Morgan fingerprint density at radius 1 is 1.00 bits per heavy atom. The van der Waals surface area contributed by atoms with Gasteiger partial charge in [-0.3, -0.25) is 0 Å². The van der Waals surface area contributed by atoms with E-state index in [1.807, 2.05) is 9.85 Å². The average Bonchev–Trinajstić information content (AvgIpc) is 3.21. The minimum atomic E-state index is -3.01. The van der Waals surface area contributed by atoms with Crippen LogP contribution in [0.5, 0.6) is 0 Å². The van der Waals surface area contributed by atoms with Crippen LogP contribution >= 0.6 is 17.2 Å². The molecule has 0 heterocycles. The van der Waals surface area contributed by atoms with Crippen LogP contribution in [-0.2, 0) is 24.5 Å². The Hall–Kier alpha value is -1.32. The Bertz CT molecular complexity index is 1460. The van der Waals surface area contributed by atoms with E-state index < -0.39 is 24.5 Å². The molecule has 0 nitrogen and oxygen atoms in total. The molecule has 0 spiro atoms. The van der Waals surface area contributed by atoms with Crippen molar-refractivity contribution in [3.63, 3.8) is 0 Å². The van der Waals surface area contributed by atoms with Gasteiger partial charge in [-0.15, -0.1) is 0 Å². The van der Waals surface area contributed by atoms with Gasteiger partial charge in [0, 0.05) is 0 Å². The van der Waals surface area contributed by atoms with Crippen LogP contribution in [0.25, 0.3) is 10.8 Å². The summed E-state index contributed by atoms with van der Waals surface area (Å²) in [5, 5.41) is 3.90. The van der Waals surface area contributed by atoms with Crippen LogP contribution in [0.1, 0.15) is 46.6 Å². The predicted molar refractivity (Wildman–Crippen MR) is 154 cm³/mol. The van der Waals surface area contributed by atoms with Crippen molar-refractivity contribution in [3.05, 3.63) is 115 Å². The molecule has 2 atom stereocenters. The van der Waals surface area contributed by atoms with E-state index in [0.29, 0.717) is 5.92 Å². The minimum absolute atomic E-state index is 0.355. The van der Waals surface area contributed by atoms with Gasteiger partial charge in [-0.25, -0.2) is 0 Å². The average molecular weight is 681 g/mol. The van der Waals surface area contributed by atoms with Crippen LogP contribution in [0.3, 0.4) is 0 Å². The zero-order valence-electron chi connectivity index (χ0n) is 21.1. The number of benzene rings is 2. The Morgan fingerprint density at radius 3 is 2.37 bits per heavy atom. The summed E-state index contributed by atoms with van der Waals surface area (Å²) in [6, 6.07) is 15.7. The van der Waals surface area contributed by atoms with E-state index >= 15 is 0 Å². The molecule has 0 N–H and O–H groups in total. The summed E-state index contributed by atoms with van der Waals surface area (Å²) in [4.78, 5) is 0. The second kappa shape index (κ2) is 9.52. The summed E-state index contributed by atoms with van der Waals surface area (Å²) in [5.41, 5.74) is 10.6. The molecule has 4 heteroatoms. The van der Waals surface area contributed by atoms with E-state index in [4.69, 9.17) is 17.2 Å². The first kappa shape index (κ1) is 25.3. The van der Waals surface area contributed by atoms with Gasteiger partial charge in [0.2, 0.25) is 0 Å². The van der Waals surface area contributed by atoms with Gasteiger partial charge in [-0.2, -0.15) is 0 Å². The first-order valence-corrected chi connectivity index (χ1v) is 23.7. The molecule has 0 saturated heterocycles. The molecule has 3 aliphatic carbocycles. The van der Waals surface area contributed by atoms with E-state index in [1.165, 1.54) is 63.8 Å². The normalized spacial score (nSPS) is 24.3. The fourth-order valence-corrected chi connectivity index (χ4v) is 14.6. The van der Waals surface area contributed by atoms with Crippen LogP contribution in [0.15, 0.2) is 109 Å². The summed E-state index contributed by atoms with van der Waals surface area (Å²) >= 11 is -3.01. The van der Waals surface area contributed by atoms with E-state index in [-0.39, 0.29) is 0 Å². The van der Waals surface area contributed by atoms with Crippen molar-refractivity contribution in [2.24, 2.45) is 5.92 Å². The van der Waals surface area contributed by atoms with Gasteiger partial charge in [0.1, 0.15) is 0 Å². The number of halogens is 2. The summed E-state index contributed by atoms with van der Waals surface area (Å²) in [7, 11) is 16.1. The first-order chi connectivity index (χ1) is 16.7. The third-order valence-corrected chi connectivity index (χ3v) is 15.7. The molecule has 3 aliphatic rings. The van der Waals surface area contributed by atoms with Crippen LogP contribution in [0.2, 0.25) is 0 Å². The molecule has 0 saturated carbocycles. The summed E-state index contributed by atoms with van der Waals surface area (Å²) in [5.74, 6) is 0.355. The fraction of sp³-hybridized carbons (Fsp3) is 0.258. The zero-order valence-corrected chi connectivity index (χ0v) is 27.6. The number of fused-ring (bicyclic) bond motifs is 2. The number of allylic oxidation sites excluding steroid dienone is 12. The maximum absolute atomic E-state index is 7.01. The van der Waals surface area contributed by atoms with E-state index in [0.717, 1.165) is 6.42 Å². The zero-order chi connectivity index (χ0) is 25.1. The van der Waals surface area contributed by atoms with Crippen molar-refractivity contribution in [1.82, 2.24) is 0 Å². The molecule has 0 amide bonds. The number of hydrogen-bond donors (Lipinski definition) is 0. The molecule has 0 bridgehead atoms. The number of hydrogen-bond acceptors (Lipinski definition) is 0. The monoisotopic (exact) mass is 681 g/mol. The fourth-order valence-electron chi connectivity index (χ4n) is 6.53. The van der Waals surface area contributed by atoms with Gasteiger partial charge < -0.3 is 0 Å². The van der Waals surface area contributed by atoms with Gasteiger partial charge in [-0.05, 0) is 0 Å². The van der Waals surface area contributed by atoms with Crippen molar-refractivity contribution in [2.45, 2.75) is 46.5 Å². The van der Waals surface area contributed by atoms with Crippen molar-refractivity contribution in [2.75, 3.05) is 0 Å². The standard InChI is InChI=1S/C31H31Si.2ClH.Hf/c1-6-23-16-20(3)30(22(23)5)31(26-15-14-24-10-7-8-11-25(24)18-26)28-17-19(2)21(4)27(28)12-9-13-29(31)32;;;/h7-16,18,22H,6,32H2,1-5H3;2*1H;/q;;;+2/p-2. The molecule has 0 fully saturated rings. The molecular formula is C31H31Cl2HfSi. The predicted octanol–water partition coefficient (Wildman–Crippen LogP) is 8.21. The van der Waals surface area contributed by atoms with Crippen molar-refractivity contribution in [3.8, 4) is 0 Å². The van der Waals surface area contributed by atoms with Crippen molar-refractivity contribution >= 4 is 43.0 Å². The van der Waals surface area contributed by atoms with Crippen LogP contribution in [0.4, 0.5) is 0 Å². The van der Waals surface area contributed by atoms with Gasteiger partial charge >= 0.3 is 229 Å². The van der Waals surface area contributed by atoms with Crippen LogP contribution < -0.4 is 0 Å². The Kier molecular flexibility index (Phi) is 6.89. The van der Waals surface area contributed by atoms with E-state index in [1.54, 1.807) is 0 Å². The Morgan fingerprint density at radius 2 is 1.71 bits per heavy atom. The molecule has 177 valence electrons.